The van der Waals surface area contributed by atoms with Gasteiger partial charge in [-0.3, -0.25) is 9.69 Å². The van der Waals surface area contributed by atoms with Gasteiger partial charge in [-0.2, -0.15) is 0 Å². The first-order chi connectivity index (χ1) is 14.6. The van der Waals surface area contributed by atoms with E-state index in [1.54, 1.807) is 12.3 Å². The Morgan fingerprint density at radius 1 is 1.07 bits per heavy atom. The van der Waals surface area contributed by atoms with E-state index in [4.69, 9.17) is 18.6 Å². The van der Waals surface area contributed by atoms with E-state index in [-0.39, 0.29) is 17.9 Å². The van der Waals surface area contributed by atoms with Crippen molar-refractivity contribution in [3.8, 4) is 11.5 Å². The van der Waals surface area contributed by atoms with Crippen molar-refractivity contribution in [2.75, 3.05) is 39.5 Å². The van der Waals surface area contributed by atoms with Crippen molar-refractivity contribution in [1.82, 2.24) is 10.2 Å². The van der Waals surface area contributed by atoms with Crippen LogP contribution in [0.4, 0.5) is 0 Å². The number of benzene rings is 1. The van der Waals surface area contributed by atoms with Gasteiger partial charge in [0.25, 0.3) is 5.91 Å². The first-order valence-electron chi connectivity index (χ1n) is 10.7. The molecule has 2 aromatic rings. The molecule has 7 heteroatoms. The number of rotatable bonds is 6. The lowest BCUT2D eigenvalue weighted by atomic mass is 9.95. The first kappa shape index (κ1) is 20.8. The molecule has 1 amide bonds. The maximum Gasteiger partial charge on any atom is 0.255 e. The molecule has 0 spiro atoms. The Kier molecular flexibility index (Phi) is 6.59. The van der Waals surface area contributed by atoms with Gasteiger partial charge in [0.2, 0.25) is 0 Å². The molecule has 2 aliphatic rings. The van der Waals surface area contributed by atoms with Gasteiger partial charge in [-0.25, -0.2) is 0 Å². The van der Waals surface area contributed by atoms with Gasteiger partial charge in [0.1, 0.15) is 5.76 Å². The minimum absolute atomic E-state index is 0.127. The number of hydrogen-bond donors (Lipinski definition) is 1. The summed E-state index contributed by atoms with van der Waals surface area (Å²) < 4.78 is 22.6. The Morgan fingerprint density at radius 3 is 2.60 bits per heavy atom. The number of amides is 1. The molecule has 1 unspecified atom stereocenters. The fourth-order valence-electron chi connectivity index (χ4n) is 3.85. The van der Waals surface area contributed by atoms with Crippen LogP contribution in [0.15, 0.2) is 34.9 Å². The topological polar surface area (TPSA) is 73.2 Å². The third-order valence-electron chi connectivity index (χ3n) is 5.54. The highest BCUT2D eigenvalue weighted by Gasteiger charge is 2.25. The average molecular weight is 415 g/mol. The molecular formula is C23H30N2O5. The van der Waals surface area contributed by atoms with Gasteiger partial charge in [-0.05, 0) is 29.7 Å². The van der Waals surface area contributed by atoms with E-state index in [0.29, 0.717) is 44.3 Å². The lowest BCUT2D eigenvalue weighted by Gasteiger charge is -2.26. The van der Waals surface area contributed by atoms with Crippen molar-refractivity contribution >= 4 is 5.91 Å². The summed E-state index contributed by atoms with van der Waals surface area (Å²) >= 11 is 0. The molecule has 1 saturated heterocycles. The standard InChI is InChI=1S/C23H30N2O5/c1-16(2)22(17-4-5-19-20(14-17)29-10-3-9-28-19)24-23(26)18-6-11-30-21(18)15-25-7-12-27-13-8-25/h4-6,11,14,16,22H,3,7-10,12-13,15H2,1-2H3,(H,24,26). The summed E-state index contributed by atoms with van der Waals surface area (Å²) in [5.41, 5.74) is 1.59. The van der Waals surface area contributed by atoms with Crippen LogP contribution in [0.2, 0.25) is 0 Å². The van der Waals surface area contributed by atoms with E-state index in [2.05, 4.69) is 24.1 Å². The summed E-state index contributed by atoms with van der Waals surface area (Å²) in [5, 5.41) is 3.20. The zero-order valence-electron chi connectivity index (χ0n) is 17.7. The molecule has 0 aliphatic carbocycles. The highest BCUT2D eigenvalue weighted by molar-refractivity contribution is 5.95. The number of hydrogen-bond acceptors (Lipinski definition) is 6. The highest BCUT2D eigenvalue weighted by atomic mass is 16.5. The molecule has 0 radical (unpaired) electrons. The van der Waals surface area contributed by atoms with Gasteiger partial charge in [0, 0.05) is 19.5 Å². The number of fused-ring (bicyclic) bond motifs is 1. The molecule has 1 aromatic heterocycles. The number of carbonyl (C=O) groups excluding carboxylic acids is 1. The van der Waals surface area contributed by atoms with Crippen LogP contribution in [0.3, 0.4) is 0 Å². The van der Waals surface area contributed by atoms with E-state index in [9.17, 15) is 4.79 Å². The minimum Gasteiger partial charge on any atom is -0.490 e. The van der Waals surface area contributed by atoms with Crippen molar-refractivity contribution in [3.05, 3.63) is 47.4 Å². The van der Waals surface area contributed by atoms with Crippen molar-refractivity contribution in [2.24, 2.45) is 5.92 Å². The fourth-order valence-corrected chi connectivity index (χ4v) is 3.85. The minimum atomic E-state index is -0.152. The SMILES string of the molecule is CC(C)C(NC(=O)c1ccoc1CN1CCOCC1)c1ccc2c(c1)OCCCO2. The summed E-state index contributed by atoms with van der Waals surface area (Å²) in [6, 6.07) is 7.51. The molecule has 0 bridgehead atoms. The molecule has 4 rings (SSSR count). The molecule has 3 heterocycles. The number of morpholine rings is 1. The molecule has 1 N–H and O–H groups in total. The van der Waals surface area contributed by atoms with Crippen LogP contribution in [0.25, 0.3) is 0 Å². The third kappa shape index (κ3) is 4.79. The Hall–Kier alpha value is -2.51. The van der Waals surface area contributed by atoms with Crippen LogP contribution in [0.1, 0.15) is 48.0 Å². The van der Waals surface area contributed by atoms with Crippen LogP contribution in [0.5, 0.6) is 11.5 Å². The lowest BCUT2D eigenvalue weighted by Crippen LogP contribution is -2.36. The highest BCUT2D eigenvalue weighted by Crippen LogP contribution is 2.34. The Labute approximate surface area is 177 Å². The first-order valence-corrected chi connectivity index (χ1v) is 10.7. The van der Waals surface area contributed by atoms with Crippen molar-refractivity contribution in [1.29, 1.82) is 0 Å². The number of carbonyl (C=O) groups is 1. The van der Waals surface area contributed by atoms with Crippen LogP contribution in [-0.2, 0) is 11.3 Å². The van der Waals surface area contributed by atoms with E-state index in [1.807, 2.05) is 18.2 Å². The van der Waals surface area contributed by atoms with E-state index in [1.165, 1.54) is 0 Å². The zero-order chi connectivity index (χ0) is 20.9. The summed E-state index contributed by atoms with van der Waals surface area (Å²) in [6.07, 6.45) is 2.45. The van der Waals surface area contributed by atoms with Gasteiger partial charge in [-0.15, -0.1) is 0 Å². The quantitative estimate of drug-likeness (QED) is 0.781. The second-order valence-corrected chi connectivity index (χ2v) is 8.10. The maximum atomic E-state index is 13.1. The molecule has 1 aromatic carbocycles. The molecular weight excluding hydrogens is 384 g/mol. The molecule has 2 aliphatic heterocycles. The summed E-state index contributed by atoms with van der Waals surface area (Å²) in [7, 11) is 0. The second-order valence-electron chi connectivity index (χ2n) is 8.10. The molecule has 1 fully saturated rings. The Morgan fingerprint density at radius 2 is 1.83 bits per heavy atom. The van der Waals surface area contributed by atoms with Crippen LogP contribution in [-0.4, -0.2) is 50.3 Å². The lowest BCUT2D eigenvalue weighted by molar-refractivity contribution is 0.0311. The van der Waals surface area contributed by atoms with E-state index >= 15 is 0 Å². The number of furan rings is 1. The summed E-state index contributed by atoms with van der Waals surface area (Å²) in [4.78, 5) is 15.4. The molecule has 0 saturated carbocycles. The third-order valence-corrected chi connectivity index (χ3v) is 5.54. The second kappa shape index (κ2) is 9.53. The summed E-state index contributed by atoms with van der Waals surface area (Å²) in [6.45, 7) is 9.19. The number of nitrogens with one attached hydrogen (secondary N) is 1. The largest absolute Gasteiger partial charge is 0.490 e. The average Bonchev–Trinajstić information content (AvgIpc) is 3.08. The monoisotopic (exact) mass is 414 g/mol. The summed E-state index contributed by atoms with van der Waals surface area (Å²) in [5.74, 6) is 2.26. The van der Waals surface area contributed by atoms with Crippen molar-refractivity contribution in [3.63, 3.8) is 0 Å². The van der Waals surface area contributed by atoms with E-state index < -0.39 is 0 Å². The van der Waals surface area contributed by atoms with Crippen molar-refractivity contribution < 1.29 is 23.4 Å². The smallest absolute Gasteiger partial charge is 0.255 e. The van der Waals surface area contributed by atoms with Crippen LogP contribution < -0.4 is 14.8 Å². The normalized spacial score (nSPS) is 18.1. The van der Waals surface area contributed by atoms with Gasteiger partial charge in [-0.1, -0.05) is 19.9 Å². The van der Waals surface area contributed by atoms with E-state index in [0.717, 1.165) is 36.6 Å². The van der Waals surface area contributed by atoms with Crippen LogP contribution >= 0.6 is 0 Å². The zero-order valence-corrected chi connectivity index (χ0v) is 17.7. The molecule has 30 heavy (non-hydrogen) atoms. The number of nitrogens with zero attached hydrogens (tertiary/aromatic N) is 1. The predicted octanol–water partition coefficient (Wildman–Crippen LogP) is 3.40. The van der Waals surface area contributed by atoms with Gasteiger partial charge < -0.3 is 23.9 Å². The molecule has 162 valence electrons. The number of ether oxygens (including phenoxy) is 3. The van der Waals surface area contributed by atoms with Gasteiger partial charge >= 0.3 is 0 Å². The van der Waals surface area contributed by atoms with Crippen molar-refractivity contribution in [2.45, 2.75) is 32.9 Å². The molecule has 1 atom stereocenters. The Balaban J connectivity index is 1.49. The maximum absolute atomic E-state index is 13.1. The Bertz CT molecular complexity index is 857. The van der Waals surface area contributed by atoms with Gasteiger partial charge in [0.05, 0.1) is 50.8 Å². The van der Waals surface area contributed by atoms with Crippen LogP contribution in [0, 0.1) is 5.92 Å². The predicted molar refractivity (Wildman–Crippen MR) is 112 cm³/mol. The fraction of sp³-hybridized carbons (Fsp3) is 0.522. The molecule has 7 nitrogen and oxygen atoms in total. The van der Waals surface area contributed by atoms with Gasteiger partial charge in [0.15, 0.2) is 11.5 Å².